The number of nitrogens with zero attached hydrogens (tertiary/aromatic N) is 3. The predicted octanol–water partition coefficient (Wildman–Crippen LogP) is 33.9. The van der Waals surface area contributed by atoms with Gasteiger partial charge in [-0.25, -0.2) is 0 Å². The van der Waals surface area contributed by atoms with E-state index in [0.717, 1.165) is 0 Å². The SMILES string of the molecule is Cc1c(C)n(-c2ccc3c(c2)C(C)(C)c2ccccc2-3)c2cc3ccc4cc(-c5ccc6ccccc6c5)ccc4c3cc12.Cc1c(C)n(-c2ccc3cc4ccccc4cc3c2)c2cc3ccc4cc(-c5ccc6ccccc6c5)ccc4c3cc12.Cc1c(C)n(-c2ccc3ccccc3c2)c2cc3ccc4cc(-c5ccc6ccccc6c5)ccc4c3cc12. The molecule has 25 aromatic rings. The average molecular weight is 1610 g/mol. The maximum atomic E-state index is 2.47. The molecular formula is C123H89N3. The van der Waals surface area contributed by atoms with Crippen molar-refractivity contribution in [2.45, 2.75) is 60.8 Å². The van der Waals surface area contributed by atoms with E-state index in [0.29, 0.717) is 0 Å². The number of hydrogen-bond acceptors (Lipinski definition) is 0. The van der Waals surface area contributed by atoms with E-state index in [-0.39, 0.29) is 5.41 Å². The van der Waals surface area contributed by atoms with Crippen LogP contribution in [-0.4, -0.2) is 13.7 Å². The Balaban J connectivity index is 0.000000106. The van der Waals surface area contributed by atoms with Gasteiger partial charge in [0.25, 0.3) is 0 Å². The van der Waals surface area contributed by atoms with Crippen molar-refractivity contribution in [1.29, 1.82) is 0 Å². The molecule has 0 saturated carbocycles. The molecule has 596 valence electrons. The monoisotopic (exact) mass is 1610 g/mol. The highest BCUT2D eigenvalue weighted by atomic mass is 15.0. The van der Waals surface area contributed by atoms with Crippen molar-refractivity contribution in [3.63, 3.8) is 0 Å². The molecule has 126 heavy (non-hydrogen) atoms. The first kappa shape index (κ1) is 74.4. The van der Waals surface area contributed by atoms with Gasteiger partial charge in [-0.1, -0.05) is 287 Å². The van der Waals surface area contributed by atoms with Gasteiger partial charge in [0.2, 0.25) is 0 Å². The van der Waals surface area contributed by atoms with Gasteiger partial charge < -0.3 is 13.7 Å². The molecule has 0 radical (unpaired) electrons. The molecule has 0 spiro atoms. The first-order valence-corrected chi connectivity index (χ1v) is 44.2. The molecule has 3 heteroatoms. The van der Waals surface area contributed by atoms with Crippen LogP contribution in [-0.2, 0) is 5.41 Å². The highest BCUT2D eigenvalue weighted by Crippen LogP contribution is 2.51. The molecule has 1 aliphatic rings. The van der Waals surface area contributed by atoms with Gasteiger partial charge in [0.1, 0.15) is 0 Å². The number of rotatable bonds is 6. The van der Waals surface area contributed by atoms with Crippen LogP contribution >= 0.6 is 0 Å². The van der Waals surface area contributed by atoms with Gasteiger partial charge in [-0.15, -0.1) is 0 Å². The van der Waals surface area contributed by atoms with Crippen LogP contribution in [0.2, 0.25) is 0 Å². The third kappa shape index (κ3) is 12.1. The average Bonchev–Trinajstić information content (AvgIpc) is 1.56. The van der Waals surface area contributed by atoms with Crippen molar-refractivity contribution in [3.05, 3.63) is 439 Å². The molecule has 0 saturated heterocycles. The van der Waals surface area contributed by atoms with E-state index in [2.05, 4.69) is 463 Å². The first-order chi connectivity index (χ1) is 61.6. The summed E-state index contributed by atoms with van der Waals surface area (Å²) in [7, 11) is 0. The summed E-state index contributed by atoms with van der Waals surface area (Å²) in [6.45, 7) is 18.3. The highest BCUT2D eigenvalue weighted by molar-refractivity contribution is 6.17. The minimum absolute atomic E-state index is 0.0227. The maximum Gasteiger partial charge on any atom is 0.0540 e. The van der Waals surface area contributed by atoms with Crippen LogP contribution in [0.25, 0.3) is 224 Å². The molecule has 0 aliphatic heterocycles. The summed E-state index contributed by atoms with van der Waals surface area (Å²) in [5, 5.41) is 34.7. The molecule has 0 bridgehead atoms. The van der Waals surface area contributed by atoms with Crippen molar-refractivity contribution in [2.24, 2.45) is 0 Å². The van der Waals surface area contributed by atoms with Gasteiger partial charge in [0.05, 0.1) is 16.6 Å². The lowest BCUT2D eigenvalue weighted by atomic mass is 9.82. The maximum absolute atomic E-state index is 2.47. The second-order valence-electron chi connectivity index (χ2n) is 35.8. The smallest absolute Gasteiger partial charge is 0.0540 e. The second kappa shape index (κ2) is 28.9. The summed E-state index contributed by atoms with van der Waals surface area (Å²) in [5.74, 6) is 0. The number of aryl methyl sites for hydroxylation is 3. The van der Waals surface area contributed by atoms with E-state index >= 15 is 0 Å². The first-order valence-electron chi connectivity index (χ1n) is 44.2. The lowest BCUT2D eigenvalue weighted by molar-refractivity contribution is 0.659. The van der Waals surface area contributed by atoms with Crippen LogP contribution in [0.1, 0.15) is 58.7 Å². The van der Waals surface area contributed by atoms with Crippen molar-refractivity contribution in [3.8, 4) is 61.6 Å². The molecule has 0 N–H and O–H groups in total. The lowest BCUT2D eigenvalue weighted by Crippen LogP contribution is -2.15. The van der Waals surface area contributed by atoms with E-state index in [1.54, 1.807) is 0 Å². The van der Waals surface area contributed by atoms with Crippen molar-refractivity contribution < 1.29 is 0 Å². The fraction of sp³-hybridized carbons (Fsp3) is 0.0732. The van der Waals surface area contributed by atoms with Gasteiger partial charge in [0.15, 0.2) is 0 Å². The quantitative estimate of drug-likeness (QED) is 0.116. The van der Waals surface area contributed by atoms with Crippen LogP contribution in [0, 0.1) is 41.5 Å². The van der Waals surface area contributed by atoms with E-state index in [1.807, 2.05) is 0 Å². The summed E-state index contributed by atoms with van der Waals surface area (Å²) >= 11 is 0. The fourth-order valence-electron chi connectivity index (χ4n) is 21.2. The zero-order valence-corrected chi connectivity index (χ0v) is 71.9. The molecular weight excluding hydrogens is 1520 g/mol. The second-order valence-corrected chi connectivity index (χ2v) is 35.8. The Hall–Kier alpha value is -15.4. The largest absolute Gasteiger partial charge is 0.314 e. The van der Waals surface area contributed by atoms with Crippen molar-refractivity contribution in [2.75, 3.05) is 0 Å². The summed E-state index contributed by atoms with van der Waals surface area (Å²) in [6, 6.07) is 146. The minimum atomic E-state index is -0.0227. The topological polar surface area (TPSA) is 14.8 Å². The normalized spacial score (nSPS) is 12.5. The van der Waals surface area contributed by atoms with Gasteiger partial charge in [-0.05, 0) is 364 Å². The Bertz CT molecular complexity index is 8960. The molecule has 0 amide bonds. The van der Waals surface area contributed by atoms with Crippen LogP contribution in [0.15, 0.2) is 394 Å². The lowest BCUT2D eigenvalue weighted by Gasteiger charge is -2.22. The van der Waals surface area contributed by atoms with E-state index < -0.39 is 0 Å². The van der Waals surface area contributed by atoms with Crippen molar-refractivity contribution >= 4 is 162 Å². The number of aromatic nitrogens is 3. The molecule has 0 fully saturated rings. The van der Waals surface area contributed by atoms with Gasteiger partial charge in [-0.2, -0.15) is 0 Å². The Kier molecular flexibility index (Phi) is 17.0. The standard InChI is InChI=1S/C43H33N.C42H29N.C38H27N/c1-26-27(2)44(34-18-20-37-36-11-7-8-12-40(36)43(3,4)41(37)24-34)42-23-33-16-15-32-22-31(17-19-35(32)39(33)25-38(26)42)30-14-13-28-9-5-6-10-29(28)21-30;1-26-27(2)43(38-17-15-34-20-30-9-5-6-10-31(30)22-37(34)23-38)42-24-36-14-13-35-21-33(16-18-39(35)41(36)25-40(26)42)32-12-11-28-7-3-4-8-29(28)19-32;1-24-25(2)39(34-17-15-27-8-4-6-10-29(27)21-34)38-22-33-14-13-32-20-31(16-18-35(32)37(33)23-36(24)38)30-12-11-26-7-3-5-9-28(26)19-30/h5-25H,1-4H3;3-25H,1-2H3;3-23H,1-2H3. The molecule has 3 heterocycles. The molecule has 22 aromatic carbocycles. The van der Waals surface area contributed by atoms with Crippen LogP contribution < -0.4 is 0 Å². The Morgan fingerprint density at radius 2 is 0.421 bits per heavy atom. The van der Waals surface area contributed by atoms with Crippen LogP contribution in [0.3, 0.4) is 0 Å². The number of fused-ring (bicyclic) bond motifs is 21. The zero-order valence-electron chi connectivity index (χ0n) is 71.9. The van der Waals surface area contributed by atoms with Crippen LogP contribution in [0.5, 0.6) is 0 Å². The van der Waals surface area contributed by atoms with E-state index in [9.17, 15) is 0 Å². The Morgan fingerprint density at radius 1 is 0.167 bits per heavy atom. The molecule has 0 unspecified atom stereocenters. The van der Waals surface area contributed by atoms with Gasteiger partial charge in [0, 0.05) is 55.7 Å². The van der Waals surface area contributed by atoms with Gasteiger partial charge >= 0.3 is 0 Å². The number of benzene rings is 22. The zero-order chi connectivity index (χ0) is 84.5. The fourth-order valence-corrected chi connectivity index (χ4v) is 21.2. The molecule has 3 aromatic heterocycles. The minimum Gasteiger partial charge on any atom is -0.314 e. The highest BCUT2D eigenvalue weighted by Gasteiger charge is 2.36. The molecule has 1 aliphatic carbocycles. The van der Waals surface area contributed by atoms with E-state index in [1.165, 1.54) is 268 Å². The summed E-state index contributed by atoms with van der Waals surface area (Å²) in [6.07, 6.45) is 0. The van der Waals surface area contributed by atoms with E-state index in [4.69, 9.17) is 0 Å². The Labute approximate surface area is 732 Å². The summed E-state index contributed by atoms with van der Waals surface area (Å²) < 4.78 is 7.33. The predicted molar refractivity (Wildman–Crippen MR) is 542 cm³/mol. The van der Waals surface area contributed by atoms with Crippen molar-refractivity contribution in [1.82, 2.24) is 13.7 Å². The van der Waals surface area contributed by atoms with Crippen LogP contribution in [0.4, 0.5) is 0 Å². The van der Waals surface area contributed by atoms with Gasteiger partial charge in [-0.3, -0.25) is 0 Å². The third-order valence-corrected chi connectivity index (χ3v) is 28.4. The molecule has 26 rings (SSSR count). The number of hydrogen-bond donors (Lipinski definition) is 0. The molecule has 3 nitrogen and oxygen atoms in total. The Morgan fingerprint density at radius 3 is 0.810 bits per heavy atom. The summed E-state index contributed by atoms with van der Waals surface area (Å²) in [4.78, 5) is 0. The summed E-state index contributed by atoms with van der Waals surface area (Å²) in [5.41, 5.74) is 28.4. The molecule has 0 atom stereocenters. The third-order valence-electron chi connectivity index (χ3n) is 28.4.